The number of benzene rings is 2. The van der Waals surface area contributed by atoms with E-state index >= 15 is 0 Å². The molecule has 0 aliphatic carbocycles. The van der Waals surface area contributed by atoms with Crippen molar-refractivity contribution < 1.29 is 23.7 Å². The van der Waals surface area contributed by atoms with E-state index in [1.807, 2.05) is 25.1 Å². The van der Waals surface area contributed by atoms with Crippen molar-refractivity contribution in [2.75, 3.05) is 20.8 Å². The first-order valence-corrected chi connectivity index (χ1v) is 8.03. The molecule has 2 aromatic carbocycles. The van der Waals surface area contributed by atoms with Gasteiger partial charge in [0.15, 0.2) is 11.5 Å². The van der Waals surface area contributed by atoms with Crippen LogP contribution in [-0.4, -0.2) is 26.8 Å². The fourth-order valence-electron chi connectivity index (χ4n) is 2.57. The minimum absolute atomic E-state index is 0.350. The molecule has 0 amide bonds. The molecule has 2 aromatic rings. The highest BCUT2D eigenvalue weighted by Gasteiger charge is 2.24. The van der Waals surface area contributed by atoms with E-state index in [1.54, 1.807) is 7.11 Å². The SMILES string of the molecule is CCCCOc1c(OC)c(OC)c(OC(C)=O)c2cc(C)ccc12. The Hall–Kier alpha value is -2.43. The Balaban J connectivity index is 2.77. The summed E-state index contributed by atoms with van der Waals surface area (Å²) >= 11 is 0. The summed E-state index contributed by atoms with van der Waals surface area (Å²) in [4.78, 5) is 11.6. The van der Waals surface area contributed by atoms with Gasteiger partial charge < -0.3 is 18.9 Å². The summed E-state index contributed by atoms with van der Waals surface area (Å²) in [5, 5.41) is 1.58. The lowest BCUT2D eigenvalue weighted by molar-refractivity contribution is -0.131. The maximum atomic E-state index is 11.6. The average molecular weight is 332 g/mol. The van der Waals surface area contributed by atoms with Crippen molar-refractivity contribution in [3.63, 3.8) is 0 Å². The van der Waals surface area contributed by atoms with Crippen LogP contribution in [0.25, 0.3) is 10.8 Å². The number of ether oxygens (including phenoxy) is 4. The molecule has 0 saturated carbocycles. The van der Waals surface area contributed by atoms with E-state index in [4.69, 9.17) is 18.9 Å². The molecule has 0 aromatic heterocycles. The quantitative estimate of drug-likeness (QED) is 0.430. The number of carbonyl (C=O) groups excluding carboxylic acids is 1. The Morgan fingerprint density at radius 2 is 1.67 bits per heavy atom. The summed E-state index contributed by atoms with van der Waals surface area (Å²) in [6.45, 7) is 6.02. The van der Waals surface area contributed by atoms with Crippen molar-refractivity contribution in [2.45, 2.75) is 33.6 Å². The topological polar surface area (TPSA) is 54.0 Å². The van der Waals surface area contributed by atoms with Gasteiger partial charge in [-0.05, 0) is 19.4 Å². The molecular weight excluding hydrogens is 308 g/mol. The van der Waals surface area contributed by atoms with Crippen LogP contribution < -0.4 is 18.9 Å². The van der Waals surface area contributed by atoms with Gasteiger partial charge in [-0.15, -0.1) is 0 Å². The number of fused-ring (bicyclic) bond motifs is 1. The smallest absolute Gasteiger partial charge is 0.308 e. The molecule has 0 aliphatic heterocycles. The molecular formula is C19H24O5. The lowest BCUT2D eigenvalue weighted by atomic mass is 10.0. The van der Waals surface area contributed by atoms with Crippen LogP contribution in [0.2, 0.25) is 0 Å². The summed E-state index contributed by atoms with van der Waals surface area (Å²) in [7, 11) is 3.06. The van der Waals surface area contributed by atoms with Gasteiger partial charge in [-0.25, -0.2) is 0 Å². The van der Waals surface area contributed by atoms with Crippen molar-refractivity contribution in [3.8, 4) is 23.0 Å². The number of rotatable bonds is 7. The lowest BCUT2D eigenvalue weighted by Gasteiger charge is -2.20. The molecule has 2 rings (SSSR count). The van der Waals surface area contributed by atoms with Crippen molar-refractivity contribution in [3.05, 3.63) is 23.8 Å². The third kappa shape index (κ3) is 3.55. The number of methoxy groups -OCH3 is 2. The van der Waals surface area contributed by atoms with E-state index < -0.39 is 5.97 Å². The maximum Gasteiger partial charge on any atom is 0.308 e. The first-order chi connectivity index (χ1) is 11.5. The second kappa shape index (κ2) is 7.90. The van der Waals surface area contributed by atoms with Gasteiger partial charge in [0.1, 0.15) is 0 Å². The number of carbonyl (C=O) groups is 1. The number of esters is 1. The first-order valence-electron chi connectivity index (χ1n) is 8.03. The van der Waals surface area contributed by atoms with Crippen LogP contribution in [0.15, 0.2) is 18.2 Å². The van der Waals surface area contributed by atoms with Gasteiger partial charge >= 0.3 is 5.97 Å². The van der Waals surface area contributed by atoms with Gasteiger partial charge in [0.05, 0.1) is 20.8 Å². The van der Waals surface area contributed by atoms with Crippen LogP contribution in [0.4, 0.5) is 0 Å². The summed E-state index contributed by atoms with van der Waals surface area (Å²) in [5.41, 5.74) is 1.04. The van der Waals surface area contributed by atoms with E-state index in [-0.39, 0.29) is 0 Å². The van der Waals surface area contributed by atoms with Crippen molar-refractivity contribution in [1.29, 1.82) is 0 Å². The van der Waals surface area contributed by atoms with Crippen LogP contribution in [-0.2, 0) is 4.79 Å². The minimum atomic E-state index is -0.419. The normalized spacial score (nSPS) is 10.5. The Kier molecular flexibility index (Phi) is 5.90. The summed E-state index contributed by atoms with van der Waals surface area (Å²) in [5.74, 6) is 1.33. The van der Waals surface area contributed by atoms with Crippen molar-refractivity contribution in [2.24, 2.45) is 0 Å². The lowest BCUT2D eigenvalue weighted by Crippen LogP contribution is -2.07. The standard InChI is InChI=1S/C19H24O5/c1-6-7-10-23-16-14-9-8-12(2)11-15(14)17(24-13(3)20)19(22-5)18(16)21-4/h8-9,11H,6-7,10H2,1-5H3. The second-order valence-electron chi connectivity index (χ2n) is 5.57. The molecule has 0 N–H and O–H groups in total. The molecule has 0 saturated heterocycles. The first kappa shape index (κ1) is 17.9. The molecule has 24 heavy (non-hydrogen) atoms. The summed E-state index contributed by atoms with van der Waals surface area (Å²) in [6.07, 6.45) is 1.96. The van der Waals surface area contributed by atoms with Gasteiger partial charge in [-0.2, -0.15) is 0 Å². The third-order valence-corrected chi connectivity index (χ3v) is 3.68. The van der Waals surface area contributed by atoms with Crippen LogP contribution in [0.3, 0.4) is 0 Å². The Morgan fingerprint density at radius 3 is 2.25 bits per heavy atom. The molecule has 0 radical (unpaired) electrons. The van der Waals surface area contributed by atoms with E-state index in [1.165, 1.54) is 14.0 Å². The highest BCUT2D eigenvalue weighted by atomic mass is 16.6. The fraction of sp³-hybridized carbons (Fsp3) is 0.421. The number of unbranched alkanes of at least 4 members (excludes halogenated alkanes) is 1. The second-order valence-corrected chi connectivity index (χ2v) is 5.57. The van der Waals surface area contributed by atoms with Crippen LogP contribution >= 0.6 is 0 Å². The van der Waals surface area contributed by atoms with Gasteiger partial charge in [0.2, 0.25) is 11.5 Å². The number of hydrogen-bond donors (Lipinski definition) is 0. The Morgan fingerprint density at radius 1 is 1.00 bits per heavy atom. The summed E-state index contributed by atoms with van der Waals surface area (Å²) in [6, 6.07) is 5.88. The van der Waals surface area contributed by atoms with Crippen LogP contribution in [0.1, 0.15) is 32.3 Å². The molecule has 5 heteroatoms. The highest BCUT2D eigenvalue weighted by molar-refractivity contribution is 6.00. The molecule has 130 valence electrons. The molecule has 0 fully saturated rings. The van der Waals surface area contributed by atoms with E-state index in [0.29, 0.717) is 29.6 Å². The van der Waals surface area contributed by atoms with Crippen LogP contribution in [0, 0.1) is 6.92 Å². The molecule has 0 heterocycles. The zero-order valence-corrected chi connectivity index (χ0v) is 14.9. The molecule has 5 nitrogen and oxygen atoms in total. The largest absolute Gasteiger partial charge is 0.490 e. The van der Waals surface area contributed by atoms with E-state index in [0.717, 1.165) is 29.2 Å². The maximum absolute atomic E-state index is 11.6. The highest BCUT2D eigenvalue weighted by Crippen LogP contribution is 2.51. The monoisotopic (exact) mass is 332 g/mol. The van der Waals surface area contributed by atoms with Gasteiger partial charge in [0.25, 0.3) is 0 Å². The minimum Gasteiger partial charge on any atom is -0.490 e. The number of hydrogen-bond acceptors (Lipinski definition) is 5. The Labute approximate surface area is 142 Å². The zero-order chi connectivity index (χ0) is 17.7. The zero-order valence-electron chi connectivity index (χ0n) is 14.9. The van der Waals surface area contributed by atoms with Gasteiger partial charge in [-0.1, -0.05) is 31.0 Å². The molecule has 0 bridgehead atoms. The average Bonchev–Trinajstić information content (AvgIpc) is 2.55. The van der Waals surface area contributed by atoms with Crippen molar-refractivity contribution in [1.82, 2.24) is 0 Å². The fourth-order valence-corrected chi connectivity index (χ4v) is 2.57. The Bertz CT molecular complexity index is 736. The summed E-state index contributed by atoms with van der Waals surface area (Å²) < 4.78 is 22.4. The molecule has 0 atom stereocenters. The van der Waals surface area contributed by atoms with Gasteiger partial charge in [0, 0.05) is 17.7 Å². The van der Waals surface area contributed by atoms with Crippen LogP contribution in [0.5, 0.6) is 23.0 Å². The predicted octanol–water partition coefficient (Wildman–Crippen LogP) is 4.27. The third-order valence-electron chi connectivity index (χ3n) is 3.68. The predicted molar refractivity (Wildman–Crippen MR) is 93.5 cm³/mol. The molecule has 0 unspecified atom stereocenters. The number of aryl methyl sites for hydroxylation is 1. The van der Waals surface area contributed by atoms with E-state index in [2.05, 4.69) is 6.92 Å². The molecule has 0 aliphatic rings. The van der Waals surface area contributed by atoms with E-state index in [9.17, 15) is 4.79 Å². The van der Waals surface area contributed by atoms with Crippen molar-refractivity contribution >= 4 is 16.7 Å². The molecule has 0 spiro atoms. The van der Waals surface area contributed by atoms with Gasteiger partial charge in [-0.3, -0.25) is 4.79 Å².